The zero-order valence-corrected chi connectivity index (χ0v) is 9.94. The van der Waals surface area contributed by atoms with Gasteiger partial charge in [0.2, 0.25) is 0 Å². The maximum atomic E-state index is 10.9. The number of benzene rings is 1. The summed E-state index contributed by atoms with van der Waals surface area (Å²) >= 11 is 5.90. The van der Waals surface area contributed by atoms with Gasteiger partial charge in [0.25, 0.3) is 6.29 Å². The Balaban J connectivity index is 2.21. The standard InChI is InChI=1S/C12H11ClO4/c1-8(14)7-17-11-3-2-9(13)6-10(11)12-15-4-5-16-12/h2-6,12H,7H2,1H3. The molecule has 0 atom stereocenters. The number of carbonyl (C=O) groups excluding carboxylic acids is 1. The van der Waals surface area contributed by atoms with Gasteiger partial charge in [-0.2, -0.15) is 0 Å². The molecular weight excluding hydrogens is 244 g/mol. The van der Waals surface area contributed by atoms with E-state index in [4.69, 9.17) is 25.8 Å². The molecule has 5 heteroatoms. The van der Waals surface area contributed by atoms with Crippen molar-refractivity contribution >= 4 is 17.4 Å². The third-order valence-corrected chi connectivity index (χ3v) is 2.35. The number of ketones is 1. The molecule has 0 amide bonds. The SMILES string of the molecule is CC(=O)COc1ccc(Cl)cc1C1OC=CO1. The van der Waals surface area contributed by atoms with E-state index < -0.39 is 6.29 Å². The van der Waals surface area contributed by atoms with Crippen molar-refractivity contribution in [3.8, 4) is 5.75 Å². The number of carbonyl (C=O) groups is 1. The van der Waals surface area contributed by atoms with E-state index in [1.54, 1.807) is 18.2 Å². The zero-order valence-electron chi connectivity index (χ0n) is 9.18. The van der Waals surface area contributed by atoms with E-state index in [2.05, 4.69) is 0 Å². The molecule has 2 rings (SSSR count). The van der Waals surface area contributed by atoms with Gasteiger partial charge in [-0.05, 0) is 25.1 Å². The molecule has 17 heavy (non-hydrogen) atoms. The molecule has 1 aliphatic heterocycles. The van der Waals surface area contributed by atoms with Gasteiger partial charge >= 0.3 is 0 Å². The van der Waals surface area contributed by atoms with Crippen LogP contribution in [-0.4, -0.2) is 12.4 Å². The molecule has 1 aromatic carbocycles. The van der Waals surface area contributed by atoms with Gasteiger partial charge in [0, 0.05) is 5.02 Å². The molecular formula is C12H11ClO4. The van der Waals surface area contributed by atoms with Crippen molar-refractivity contribution in [2.45, 2.75) is 13.2 Å². The number of ether oxygens (including phenoxy) is 3. The monoisotopic (exact) mass is 254 g/mol. The van der Waals surface area contributed by atoms with Crippen LogP contribution in [0.25, 0.3) is 0 Å². The second-order valence-electron chi connectivity index (χ2n) is 3.55. The molecule has 4 nitrogen and oxygen atoms in total. The Kier molecular flexibility index (Phi) is 3.54. The van der Waals surface area contributed by atoms with E-state index in [1.165, 1.54) is 19.4 Å². The molecule has 0 aromatic heterocycles. The fourth-order valence-electron chi connectivity index (χ4n) is 1.40. The van der Waals surface area contributed by atoms with Crippen LogP contribution in [0, 0.1) is 0 Å². The van der Waals surface area contributed by atoms with Crippen molar-refractivity contribution in [3.63, 3.8) is 0 Å². The fraction of sp³-hybridized carbons (Fsp3) is 0.250. The van der Waals surface area contributed by atoms with Crippen LogP contribution < -0.4 is 4.74 Å². The molecule has 1 aliphatic rings. The highest BCUT2D eigenvalue weighted by molar-refractivity contribution is 6.30. The Morgan fingerprint density at radius 1 is 1.41 bits per heavy atom. The molecule has 0 saturated heterocycles. The van der Waals surface area contributed by atoms with Gasteiger partial charge < -0.3 is 14.2 Å². The lowest BCUT2D eigenvalue weighted by molar-refractivity contribution is -0.119. The first-order chi connectivity index (χ1) is 8.16. The van der Waals surface area contributed by atoms with Gasteiger partial charge in [-0.15, -0.1) is 0 Å². The maximum absolute atomic E-state index is 10.9. The molecule has 0 N–H and O–H groups in total. The molecule has 1 aromatic rings. The van der Waals surface area contributed by atoms with Crippen LogP contribution in [0.2, 0.25) is 5.02 Å². The third kappa shape index (κ3) is 2.91. The minimum atomic E-state index is -0.573. The second kappa shape index (κ2) is 5.10. The van der Waals surface area contributed by atoms with Crippen LogP contribution in [0.1, 0.15) is 18.8 Å². The summed E-state index contributed by atoms with van der Waals surface area (Å²) in [4.78, 5) is 10.9. The zero-order chi connectivity index (χ0) is 12.3. The summed E-state index contributed by atoms with van der Waals surface area (Å²) in [6, 6.07) is 5.06. The summed E-state index contributed by atoms with van der Waals surface area (Å²) in [5.41, 5.74) is 0.656. The quantitative estimate of drug-likeness (QED) is 0.829. The van der Waals surface area contributed by atoms with Crippen molar-refractivity contribution in [2.75, 3.05) is 6.61 Å². The molecule has 1 heterocycles. The molecule has 90 valence electrons. The van der Waals surface area contributed by atoms with E-state index >= 15 is 0 Å². The van der Waals surface area contributed by atoms with Crippen LogP contribution in [0.4, 0.5) is 0 Å². The van der Waals surface area contributed by atoms with Crippen LogP contribution in [0.15, 0.2) is 30.7 Å². The van der Waals surface area contributed by atoms with Gasteiger partial charge in [0.1, 0.15) is 24.9 Å². The van der Waals surface area contributed by atoms with E-state index in [0.29, 0.717) is 16.3 Å². The Bertz CT molecular complexity index is 448. The number of rotatable bonds is 4. The molecule has 0 unspecified atom stereocenters. The Labute approximate surface area is 104 Å². The number of Topliss-reactive ketones (excluding diaryl/α,β-unsaturated/α-hetero) is 1. The minimum absolute atomic E-state index is 0.00871. The summed E-state index contributed by atoms with van der Waals surface area (Å²) in [6.45, 7) is 1.47. The van der Waals surface area contributed by atoms with E-state index in [1.807, 2.05) is 0 Å². The van der Waals surface area contributed by atoms with Crippen molar-refractivity contribution in [1.82, 2.24) is 0 Å². The first-order valence-corrected chi connectivity index (χ1v) is 5.42. The van der Waals surface area contributed by atoms with E-state index in [0.717, 1.165) is 0 Å². The van der Waals surface area contributed by atoms with Crippen molar-refractivity contribution in [1.29, 1.82) is 0 Å². The summed E-state index contributed by atoms with van der Waals surface area (Å²) in [5, 5.41) is 0.550. The molecule has 0 fully saturated rings. The molecule has 0 aliphatic carbocycles. The van der Waals surface area contributed by atoms with Crippen LogP contribution in [0.3, 0.4) is 0 Å². The lowest BCUT2D eigenvalue weighted by Gasteiger charge is -2.15. The molecule has 0 radical (unpaired) electrons. The summed E-state index contributed by atoms with van der Waals surface area (Å²) in [6.07, 6.45) is 2.32. The second-order valence-corrected chi connectivity index (χ2v) is 3.99. The average molecular weight is 255 g/mol. The van der Waals surface area contributed by atoms with Crippen LogP contribution in [-0.2, 0) is 14.3 Å². The van der Waals surface area contributed by atoms with Gasteiger partial charge in [0.05, 0.1) is 5.56 Å². The Morgan fingerprint density at radius 3 is 2.76 bits per heavy atom. The molecule has 0 saturated carbocycles. The summed E-state index contributed by atoms with van der Waals surface area (Å²) < 4.78 is 15.8. The highest BCUT2D eigenvalue weighted by atomic mass is 35.5. The van der Waals surface area contributed by atoms with Crippen LogP contribution >= 0.6 is 11.6 Å². The van der Waals surface area contributed by atoms with E-state index in [9.17, 15) is 4.79 Å². The minimum Gasteiger partial charge on any atom is -0.485 e. The topological polar surface area (TPSA) is 44.8 Å². The number of hydrogen-bond acceptors (Lipinski definition) is 4. The highest BCUT2D eigenvalue weighted by Crippen LogP contribution is 2.33. The molecule has 0 spiro atoms. The summed E-state index contributed by atoms with van der Waals surface area (Å²) in [7, 11) is 0. The maximum Gasteiger partial charge on any atom is 0.269 e. The fourth-order valence-corrected chi connectivity index (χ4v) is 1.58. The van der Waals surface area contributed by atoms with Crippen molar-refractivity contribution in [2.24, 2.45) is 0 Å². The van der Waals surface area contributed by atoms with Gasteiger partial charge in [0.15, 0.2) is 5.78 Å². The highest BCUT2D eigenvalue weighted by Gasteiger charge is 2.21. The Morgan fingerprint density at radius 2 is 2.12 bits per heavy atom. The number of hydrogen-bond donors (Lipinski definition) is 0. The Hall–Kier alpha value is -1.68. The summed E-state index contributed by atoms with van der Waals surface area (Å²) in [5.74, 6) is 0.468. The normalized spacial score (nSPS) is 14.2. The smallest absolute Gasteiger partial charge is 0.269 e. The lowest BCUT2D eigenvalue weighted by atomic mass is 10.2. The van der Waals surface area contributed by atoms with Gasteiger partial charge in [-0.1, -0.05) is 11.6 Å². The van der Waals surface area contributed by atoms with Gasteiger partial charge in [-0.3, -0.25) is 4.79 Å². The third-order valence-electron chi connectivity index (χ3n) is 2.12. The predicted molar refractivity (Wildman–Crippen MR) is 61.7 cm³/mol. The largest absolute Gasteiger partial charge is 0.485 e. The molecule has 0 bridgehead atoms. The van der Waals surface area contributed by atoms with Crippen molar-refractivity contribution < 1.29 is 19.0 Å². The van der Waals surface area contributed by atoms with Crippen molar-refractivity contribution in [3.05, 3.63) is 41.3 Å². The first kappa shape index (κ1) is 11.8. The lowest BCUT2D eigenvalue weighted by Crippen LogP contribution is -2.09. The van der Waals surface area contributed by atoms with Gasteiger partial charge in [-0.25, -0.2) is 0 Å². The van der Waals surface area contributed by atoms with Crippen LogP contribution in [0.5, 0.6) is 5.75 Å². The predicted octanol–water partition coefficient (Wildman–Crippen LogP) is 2.82. The number of halogens is 1. The average Bonchev–Trinajstić information content (AvgIpc) is 2.80. The van der Waals surface area contributed by atoms with E-state index in [-0.39, 0.29) is 12.4 Å². The first-order valence-electron chi connectivity index (χ1n) is 5.04.